The standard InChI is InChI=1S/C15H25N5/c16-15-5-1-3-12(20-15)7-11-8-17-10-14(11)19-9-13-4-2-6-18-13/h1,3,5,11,13-14,17-19H,2,4,6-10H2,(H2,16,20)/t11-,13-,14+/m1/s1. The predicted octanol–water partition coefficient (Wildman–Crippen LogP) is 0.136. The Labute approximate surface area is 120 Å². The third-order valence-corrected chi connectivity index (χ3v) is 4.43. The molecule has 0 radical (unpaired) electrons. The molecule has 3 heterocycles. The zero-order valence-corrected chi connectivity index (χ0v) is 11.9. The number of aromatic nitrogens is 1. The first-order valence-corrected chi connectivity index (χ1v) is 7.70. The summed E-state index contributed by atoms with van der Waals surface area (Å²) in [6.45, 7) is 4.37. The Balaban J connectivity index is 1.52. The molecule has 2 aliphatic heterocycles. The van der Waals surface area contributed by atoms with E-state index in [1.807, 2.05) is 12.1 Å². The summed E-state index contributed by atoms with van der Waals surface area (Å²) in [7, 11) is 0. The minimum atomic E-state index is 0.542. The fourth-order valence-electron chi connectivity index (χ4n) is 3.29. The average Bonchev–Trinajstić information content (AvgIpc) is 3.08. The number of pyridine rings is 1. The number of anilines is 1. The van der Waals surface area contributed by atoms with E-state index < -0.39 is 0 Å². The molecule has 3 atom stereocenters. The van der Waals surface area contributed by atoms with Crippen LogP contribution in [0.3, 0.4) is 0 Å². The Bertz CT molecular complexity index is 430. The van der Waals surface area contributed by atoms with Crippen LogP contribution in [0.4, 0.5) is 5.82 Å². The summed E-state index contributed by atoms with van der Waals surface area (Å²) in [4.78, 5) is 4.42. The van der Waals surface area contributed by atoms with Crippen molar-refractivity contribution < 1.29 is 0 Å². The Hall–Kier alpha value is -1.17. The molecule has 110 valence electrons. The van der Waals surface area contributed by atoms with E-state index >= 15 is 0 Å². The lowest BCUT2D eigenvalue weighted by atomic mass is 9.97. The summed E-state index contributed by atoms with van der Waals surface area (Å²) in [5, 5.41) is 10.8. The average molecular weight is 275 g/mol. The molecule has 0 aliphatic carbocycles. The second-order valence-electron chi connectivity index (χ2n) is 5.98. The van der Waals surface area contributed by atoms with Crippen LogP contribution in [0.25, 0.3) is 0 Å². The van der Waals surface area contributed by atoms with Crippen molar-refractivity contribution in [2.45, 2.75) is 31.3 Å². The Morgan fingerprint density at radius 3 is 3.10 bits per heavy atom. The summed E-state index contributed by atoms with van der Waals surface area (Å²) in [5.41, 5.74) is 6.86. The third-order valence-electron chi connectivity index (χ3n) is 4.43. The first-order valence-electron chi connectivity index (χ1n) is 7.70. The summed E-state index contributed by atoms with van der Waals surface area (Å²) in [6.07, 6.45) is 3.61. The van der Waals surface area contributed by atoms with Crippen molar-refractivity contribution in [3.05, 3.63) is 23.9 Å². The highest BCUT2D eigenvalue weighted by atomic mass is 15.1. The number of nitrogens with two attached hydrogens (primary N) is 1. The molecule has 3 rings (SSSR count). The van der Waals surface area contributed by atoms with Gasteiger partial charge in [0.05, 0.1) is 0 Å². The Morgan fingerprint density at radius 2 is 2.30 bits per heavy atom. The van der Waals surface area contributed by atoms with Gasteiger partial charge in [-0.3, -0.25) is 0 Å². The van der Waals surface area contributed by atoms with Gasteiger partial charge in [0, 0.05) is 30.9 Å². The van der Waals surface area contributed by atoms with Gasteiger partial charge in [0.25, 0.3) is 0 Å². The van der Waals surface area contributed by atoms with Crippen molar-refractivity contribution in [3.63, 3.8) is 0 Å². The molecule has 0 amide bonds. The van der Waals surface area contributed by atoms with Gasteiger partial charge in [-0.05, 0) is 50.4 Å². The molecule has 0 aromatic carbocycles. The molecule has 2 saturated heterocycles. The van der Waals surface area contributed by atoms with Crippen molar-refractivity contribution in [2.75, 3.05) is 31.9 Å². The molecule has 1 aromatic rings. The molecule has 0 spiro atoms. The Kier molecular flexibility index (Phi) is 4.50. The highest BCUT2D eigenvalue weighted by molar-refractivity contribution is 5.29. The molecule has 2 aliphatic rings. The van der Waals surface area contributed by atoms with Gasteiger partial charge in [-0.1, -0.05) is 6.07 Å². The van der Waals surface area contributed by atoms with Crippen LogP contribution in [0, 0.1) is 5.92 Å². The van der Waals surface area contributed by atoms with Crippen LogP contribution in [0.1, 0.15) is 18.5 Å². The lowest BCUT2D eigenvalue weighted by molar-refractivity contribution is 0.399. The summed E-state index contributed by atoms with van der Waals surface area (Å²) in [5.74, 6) is 1.22. The van der Waals surface area contributed by atoms with E-state index in [1.54, 1.807) is 0 Å². The van der Waals surface area contributed by atoms with E-state index in [-0.39, 0.29) is 0 Å². The topological polar surface area (TPSA) is 75.0 Å². The number of rotatable bonds is 5. The van der Waals surface area contributed by atoms with E-state index in [4.69, 9.17) is 5.73 Å². The first kappa shape index (κ1) is 13.8. The zero-order chi connectivity index (χ0) is 13.8. The number of nitrogens with zero attached hydrogens (tertiary/aromatic N) is 1. The number of hydrogen-bond acceptors (Lipinski definition) is 5. The van der Waals surface area contributed by atoms with E-state index in [1.165, 1.54) is 19.4 Å². The quantitative estimate of drug-likeness (QED) is 0.615. The molecule has 5 heteroatoms. The normalized spacial score (nSPS) is 29.9. The minimum Gasteiger partial charge on any atom is -0.384 e. The summed E-state index contributed by atoms with van der Waals surface area (Å²) in [6, 6.07) is 7.11. The Morgan fingerprint density at radius 1 is 1.35 bits per heavy atom. The SMILES string of the molecule is Nc1cccc(C[C@@H]2CNC[C@@H]2NC[C@H]2CCCN2)n1. The fourth-order valence-corrected chi connectivity index (χ4v) is 3.29. The molecule has 5 N–H and O–H groups in total. The van der Waals surface area contributed by atoms with Crippen molar-refractivity contribution in [2.24, 2.45) is 5.92 Å². The molecule has 2 fully saturated rings. The maximum absolute atomic E-state index is 5.76. The molecular formula is C15H25N5. The van der Waals surface area contributed by atoms with Crippen LogP contribution < -0.4 is 21.7 Å². The van der Waals surface area contributed by atoms with Crippen molar-refractivity contribution >= 4 is 5.82 Å². The molecule has 5 nitrogen and oxygen atoms in total. The summed E-state index contributed by atoms with van der Waals surface area (Å²) >= 11 is 0. The highest BCUT2D eigenvalue weighted by Crippen LogP contribution is 2.16. The number of nitrogen functional groups attached to an aromatic ring is 1. The second-order valence-corrected chi connectivity index (χ2v) is 5.98. The van der Waals surface area contributed by atoms with Gasteiger partial charge in [-0.2, -0.15) is 0 Å². The third kappa shape index (κ3) is 3.48. The van der Waals surface area contributed by atoms with Gasteiger partial charge < -0.3 is 21.7 Å². The van der Waals surface area contributed by atoms with Gasteiger partial charge in [-0.25, -0.2) is 4.98 Å². The molecule has 20 heavy (non-hydrogen) atoms. The van der Waals surface area contributed by atoms with Crippen LogP contribution in [-0.2, 0) is 6.42 Å². The van der Waals surface area contributed by atoms with Gasteiger partial charge >= 0.3 is 0 Å². The molecule has 0 bridgehead atoms. The number of nitrogens with one attached hydrogen (secondary N) is 3. The maximum atomic E-state index is 5.76. The number of hydrogen-bond donors (Lipinski definition) is 4. The largest absolute Gasteiger partial charge is 0.384 e. The lowest BCUT2D eigenvalue weighted by Gasteiger charge is -2.22. The predicted molar refractivity (Wildman–Crippen MR) is 81.5 cm³/mol. The fraction of sp³-hybridized carbons (Fsp3) is 0.667. The first-order chi connectivity index (χ1) is 9.81. The smallest absolute Gasteiger partial charge is 0.123 e. The molecular weight excluding hydrogens is 250 g/mol. The van der Waals surface area contributed by atoms with Crippen LogP contribution in [0.15, 0.2) is 18.2 Å². The van der Waals surface area contributed by atoms with Crippen molar-refractivity contribution in [1.29, 1.82) is 0 Å². The molecule has 0 unspecified atom stereocenters. The van der Waals surface area contributed by atoms with Gasteiger partial charge in [0.1, 0.15) is 5.82 Å². The van der Waals surface area contributed by atoms with E-state index in [0.29, 0.717) is 23.8 Å². The van der Waals surface area contributed by atoms with Crippen LogP contribution in [0.5, 0.6) is 0 Å². The molecule has 1 aromatic heterocycles. The van der Waals surface area contributed by atoms with E-state index in [0.717, 1.165) is 31.7 Å². The maximum Gasteiger partial charge on any atom is 0.123 e. The van der Waals surface area contributed by atoms with Gasteiger partial charge in [0.15, 0.2) is 0 Å². The van der Waals surface area contributed by atoms with Crippen LogP contribution in [0.2, 0.25) is 0 Å². The van der Waals surface area contributed by atoms with E-state index in [9.17, 15) is 0 Å². The van der Waals surface area contributed by atoms with Crippen LogP contribution in [-0.4, -0.2) is 43.2 Å². The zero-order valence-electron chi connectivity index (χ0n) is 11.9. The summed E-state index contributed by atoms with van der Waals surface area (Å²) < 4.78 is 0. The van der Waals surface area contributed by atoms with E-state index in [2.05, 4.69) is 27.0 Å². The lowest BCUT2D eigenvalue weighted by Crippen LogP contribution is -2.43. The van der Waals surface area contributed by atoms with Crippen LogP contribution >= 0.6 is 0 Å². The molecule has 0 saturated carbocycles. The van der Waals surface area contributed by atoms with Gasteiger partial charge in [-0.15, -0.1) is 0 Å². The van der Waals surface area contributed by atoms with Crippen molar-refractivity contribution in [3.8, 4) is 0 Å². The highest BCUT2D eigenvalue weighted by Gasteiger charge is 2.28. The monoisotopic (exact) mass is 275 g/mol. The second kappa shape index (κ2) is 6.52. The van der Waals surface area contributed by atoms with Crippen molar-refractivity contribution in [1.82, 2.24) is 20.9 Å². The van der Waals surface area contributed by atoms with Gasteiger partial charge in [0.2, 0.25) is 0 Å². The minimum absolute atomic E-state index is 0.542.